The van der Waals surface area contributed by atoms with Crippen LogP contribution >= 0.6 is 0 Å². The molecule has 0 bridgehead atoms. The van der Waals surface area contributed by atoms with Crippen LogP contribution in [0.25, 0.3) is 0 Å². The minimum absolute atomic E-state index is 0.00855. The van der Waals surface area contributed by atoms with Crippen molar-refractivity contribution >= 4 is 33.5 Å². The molecule has 12 heteroatoms. The van der Waals surface area contributed by atoms with Crippen LogP contribution < -0.4 is 22.1 Å². The number of anilines is 1. The maximum atomic E-state index is 13.8. The minimum atomic E-state index is -3.93. The number of benzene rings is 2. The Kier molecular flexibility index (Phi) is 10.7. The van der Waals surface area contributed by atoms with Crippen molar-refractivity contribution in [3.63, 3.8) is 0 Å². The second-order valence-electron chi connectivity index (χ2n) is 11.9. The van der Waals surface area contributed by atoms with Crippen molar-refractivity contribution in [3.8, 4) is 0 Å². The molecule has 5 atom stereocenters. The van der Waals surface area contributed by atoms with Crippen LogP contribution in [0.3, 0.4) is 0 Å². The number of rotatable bonds is 12. The van der Waals surface area contributed by atoms with Crippen molar-refractivity contribution in [2.75, 3.05) is 5.32 Å². The van der Waals surface area contributed by atoms with Crippen molar-refractivity contribution in [2.45, 2.75) is 95.5 Å². The average Bonchev–Trinajstić information content (AvgIpc) is 3.16. The number of aliphatic hydroxyl groups excluding tert-OH is 1. The number of amides is 2. The molecular weight excluding hydrogens is 556 g/mol. The van der Waals surface area contributed by atoms with E-state index in [2.05, 4.69) is 15.6 Å². The summed E-state index contributed by atoms with van der Waals surface area (Å²) in [6, 6.07) is 13.8. The minimum Gasteiger partial charge on any atom is -0.391 e. The SMILES string of the molecule is CC(CCC(=O)N=C(N)N)Nc1ccc(CC(NC(=O)C2N(S(=O)(=O)c3ccccc3)C(C)CC2(C)C)C(C)O)cc1. The topological polar surface area (TPSA) is 180 Å². The maximum Gasteiger partial charge on any atom is 0.248 e. The lowest BCUT2D eigenvalue weighted by Crippen LogP contribution is -2.56. The monoisotopic (exact) mass is 600 g/mol. The molecule has 1 heterocycles. The highest BCUT2D eigenvalue weighted by Gasteiger charge is 2.54. The molecule has 2 aromatic carbocycles. The summed E-state index contributed by atoms with van der Waals surface area (Å²) < 4.78 is 28.6. The molecule has 1 aliphatic rings. The second-order valence-corrected chi connectivity index (χ2v) is 13.7. The van der Waals surface area contributed by atoms with Gasteiger partial charge in [0.1, 0.15) is 6.04 Å². The molecule has 1 aliphatic heterocycles. The van der Waals surface area contributed by atoms with Crippen LogP contribution in [0, 0.1) is 5.41 Å². The zero-order valence-corrected chi connectivity index (χ0v) is 25.8. The summed E-state index contributed by atoms with van der Waals surface area (Å²) >= 11 is 0. The molecule has 3 rings (SSSR count). The molecular formula is C30H44N6O5S. The number of nitrogens with zero attached hydrogens (tertiary/aromatic N) is 2. The molecule has 42 heavy (non-hydrogen) atoms. The van der Waals surface area contributed by atoms with Gasteiger partial charge in [0.05, 0.1) is 17.0 Å². The molecule has 230 valence electrons. The van der Waals surface area contributed by atoms with Crippen molar-refractivity contribution in [1.29, 1.82) is 0 Å². The summed E-state index contributed by atoms with van der Waals surface area (Å²) in [5.74, 6) is -1.06. The van der Waals surface area contributed by atoms with E-state index in [9.17, 15) is 23.1 Å². The maximum absolute atomic E-state index is 13.8. The third-order valence-corrected chi connectivity index (χ3v) is 9.59. The molecule has 0 aliphatic carbocycles. The number of carbonyl (C=O) groups is 2. The highest BCUT2D eigenvalue weighted by atomic mass is 32.2. The molecule has 2 amide bonds. The molecule has 1 fully saturated rings. The Morgan fingerprint density at radius 3 is 2.29 bits per heavy atom. The van der Waals surface area contributed by atoms with Gasteiger partial charge in [-0.15, -0.1) is 0 Å². The Labute approximate surface area is 248 Å². The molecule has 0 saturated carbocycles. The summed E-state index contributed by atoms with van der Waals surface area (Å²) in [6.45, 7) is 9.17. The van der Waals surface area contributed by atoms with Gasteiger partial charge in [-0.1, -0.05) is 44.2 Å². The molecule has 0 radical (unpaired) electrons. The van der Waals surface area contributed by atoms with Crippen LogP contribution in [0.5, 0.6) is 0 Å². The van der Waals surface area contributed by atoms with E-state index in [-0.39, 0.29) is 35.3 Å². The Balaban J connectivity index is 1.70. The van der Waals surface area contributed by atoms with Crippen LogP contribution in [-0.4, -0.2) is 65.9 Å². The first-order valence-electron chi connectivity index (χ1n) is 14.2. The summed E-state index contributed by atoms with van der Waals surface area (Å²) in [6.07, 6.45) is 0.739. The normalized spacial score (nSPS) is 20.7. The van der Waals surface area contributed by atoms with Crippen molar-refractivity contribution in [3.05, 3.63) is 60.2 Å². The molecule has 0 spiro atoms. The predicted octanol–water partition coefficient (Wildman–Crippen LogP) is 2.35. The number of aliphatic hydroxyl groups is 1. The Hall–Kier alpha value is -3.48. The standard InChI is InChI=1S/C30H44N6O5S/c1-19(11-16-26(38)35-29(31)32)33-23-14-12-22(13-15-23)17-25(21(3)37)34-28(39)27-30(4,5)18-20(2)36(27)42(40,41)24-9-7-6-8-10-24/h6-10,12-15,19-21,25,27,33,37H,11,16-18H2,1-5H3,(H,34,39)(H4,31,32,35,38). The zero-order valence-electron chi connectivity index (χ0n) is 24.9. The lowest BCUT2D eigenvalue weighted by atomic mass is 9.83. The van der Waals surface area contributed by atoms with Gasteiger partial charge in [-0.05, 0) is 75.3 Å². The molecule has 0 aromatic heterocycles. The lowest BCUT2D eigenvalue weighted by molar-refractivity contribution is -0.128. The molecule has 2 aromatic rings. The summed E-state index contributed by atoms with van der Waals surface area (Å²) in [5.41, 5.74) is 11.6. The highest BCUT2D eigenvalue weighted by Crippen LogP contribution is 2.43. The number of hydrogen-bond donors (Lipinski definition) is 5. The first kappa shape index (κ1) is 33.0. The Morgan fingerprint density at radius 2 is 1.71 bits per heavy atom. The summed E-state index contributed by atoms with van der Waals surface area (Å²) in [4.78, 5) is 29.1. The Morgan fingerprint density at radius 1 is 1.10 bits per heavy atom. The van der Waals surface area contributed by atoms with E-state index < -0.39 is 39.5 Å². The van der Waals surface area contributed by atoms with Crippen molar-refractivity contribution in [1.82, 2.24) is 9.62 Å². The molecule has 1 saturated heterocycles. The van der Waals surface area contributed by atoms with Crippen LogP contribution in [0.15, 0.2) is 64.5 Å². The van der Waals surface area contributed by atoms with Gasteiger partial charge < -0.3 is 27.2 Å². The fraction of sp³-hybridized carbons (Fsp3) is 0.500. The Bertz CT molecular complexity index is 1360. The summed E-state index contributed by atoms with van der Waals surface area (Å²) in [5, 5.41) is 16.8. The van der Waals surface area contributed by atoms with Gasteiger partial charge in [0.2, 0.25) is 21.8 Å². The fourth-order valence-corrected chi connectivity index (χ4v) is 7.57. The predicted molar refractivity (Wildman–Crippen MR) is 164 cm³/mol. The van der Waals surface area contributed by atoms with Gasteiger partial charge in [-0.3, -0.25) is 9.59 Å². The van der Waals surface area contributed by atoms with Crippen LogP contribution in [0.2, 0.25) is 0 Å². The number of nitrogens with two attached hydrogens (primary N) is 2. The van der Waals surface area contributed by atoms with Gasteiger partial charge in [0, 0.05) is 24.2 Å². The highest BCUT2D eigenvalue weighted by molar-refractivity contribution is 7.89. The van der Waals surface area contributed by atoms with Crippen molar-refractivity contribution in [2.24, 2.45) is 21.9 Å². The van der Waals surface area contributed by atoms with Gasteiger partial charge in [0.25, 0.3) is 0 Å². The van der Waals surface area contributed by atoms with E-state index >= 15 is 0 Å². The first-order valence-corrected chi connectivity index (χ1v) is 15.6. The van der Waals surface area contributed by atoms with Crippen molar-refractivity contribution < 1.29 is 23.1 Å². The van der Waals surface area contributed by atoms with E-state index in [1.807, 2.05) is 52.0 Å². The number of aliphatic imine (C=N–C) groups is 1. The number of hydrogen-bond acceptors (Lipinski definition) is 6. The second kappa shape index (κ2) is 13.7. The van der Waals surface area contributed by atoms with Gasteiger partial charge >= 0.3 is 0 Å². The molecule has 5 unspecified atom stereocenters. The zero-order chi connectivity index (χ0) is 31.2. The number of nitrogens with one attached hydrogen (secondary N) is 2. The quantitative estimate of drug-likeness (QED) is 0.182. The largest absolute Gasteiger partial charge is 0.391 e. The number of guanidine groups is 1. The van der Waals surface area contributed by atoms with Crippen LogP contribution in [0.1, 0.15) is 59.4 Å². The number of carbonyl (C=O) groups excluding carboxylic acids is 2. The third-order valence-electron chi connectivity index (χ3n) is 7.60. The molecule has 11 nitrogen and oxygen atoms in total. The van der Waals surface area contributed by atoms with E-state index in [0.29, 0.717) is 19.3 Å². The smallest absolute Gasteiger partial charge is 0.248 e. The first-order chi connectivity index (χ1) is 19.6. The lowest BCUT2D eigenvalue weighted by Gasteiger charge is -2.34. The third kappa shape index (κ3) is 8.30. The van der Waals surface area contributed by atoms with Gasteiger partial charge in [-0.2, -0.15) is 9.30 Å². The van der Waals surface area contributed by atoms with Gasteiger partial charge in [0.15, 0.2) is 5.96 Å². The average molecular weight is 601 g/mol. The van der Waals surface area contributed by atoms with E-state index in [4.69, 9.17) is 11.5 Å². The fourth-order valence-electron chi connectivity index (χ4n) is 5.61. The van der Waals surface area contributed by atoms with E-state index in [1.54, 1.807) is 25.1 Å². The number of sulfonamides is 1. The summed E-state index contributed by atoms with van der Waals surface area (Å²) in [7, 11) is -3.93. The van der Waals surface area contributed by atoms with E-state index in [1.165, 1.54) is 16.4 Å². The van der Waals surface area contributed by atoms with Crippen LogP contribution in [-0.2, 0) is 26.0 Å². The van der Waals surface area contributed by atoms with Crippen LogP contribution in [0.4, 0.5) is 5.69 Å². The van der Waals surface area contributed by atoms with E-state index in [0.717, 1.165) is 11.3 Å². The molecule has 7 N–H and O–H groups in total. The van der Waals surface area contributed by atoms with Gasteiger partial charge in [-0.25, -0.2) is 8.42 Å².